The minimum absolute atomic E-state index is 0.261. The van der Waals surface area contributed by atoms with Crippen molar-refractivity contribution in [2.75, 3.05) is 13.7 Å². The van der Waals surface area contributed by atoms with Crippen LogP contribution in [0.15, 0.2) is 12.7 Å². The predicted octanol–water partition coefficient (Wildman–Crippen LogP) is 0.407. The van der Waals surface area contributed by atoms with E-state index in [1.807, 2.05) is 13.8 Å². The molecule has 0 spiro atoms. The Labute approximate surface area is 115 Å². The summed E-state index contributed by atoms with van der Waals surface area (Å²) in [5.74, 6) is -0.745. The van der Waals surface area contributed by atoms with Crippen LogP contribution in [-0.4, -0.2) is 42.4 Å². The summed E-state index contributed by atoms with van der Waals surface area (Å²) in [7, 11) is 1.00. The first-order valence-corrected chi connectivity index (χ1v) is 6.05. The molecule has 112 valence electrons. The summed E-state index contributed by atoms with van der Waals surface area (Å²) in [5, 5.41) is 12.0. The number of aldehydes is 1. The third-order valence-corrected chi connectivity index (χ3v) is 1.74. The molecule has 0 aromatic heterocycles. The molecule has 0 bridgehead atoms. The van der Waals surface area contributed by atoms with Crippen LogP contribution < -0.4 is 10.6 Å². The van der Waals surface area contributed by atoms with Crippen LogP contribution >= 0.6 is 0 Å². The van der Waals surface area contributed by atoms with E-state index in [2.05, 4.69) is 17.2 Å². The highest BCUT2D eigenvalue weighted by molar-refractivity contribution is 5.94. The van der Waals surface area contributed by atoms with Crippen LogP contribution in [0.4, 0.5) is 0 Å². The lowest BCUT2D eigenvalue weighted by molar-refractivity contribution is -0.130. The Bertz CT molecular complexity index is 276. The van der Waals surface area contributed by atoms with Gasteiger partial charge in [-0.3, -0.25) is 9.59 Å². The van der Waals surface area contributed by atoms with Crippen LogP contribution in [0.25, 0.3) is 0 Å². The fourth-order valence-electron chi connectivity index (χ4n) is 0.881. The monoisotopic (exact) mass is 274 g/mol. The molecule has 0 saturated heterocycles. The minimum Gasteiger partial charge on any atom is -0.400 e. The number of amides is 2. The average molecular weight is 274 g/mol. The highest BCUT2D eigenvalue weighted by atomic mass is 16.2. The van der Waals surface area contributed by atoms with Gasteiger partial charge in [0, 0.05) is 20.1 Å². The van der Waals surface area contributed by atoms with E-state index in [0.717, 1.165) is 19.5 Å². The van der Waals surface area contributed by atoms with E-state index in [0.29, 0.717) is 0 Å². The Morgan fingerprint density at radius 1 is 1.26 bits per heavy atom. The predicted molar refractivity (Wildman–Crippen MR) is 75.6 cm³/mol. The van der Waals surface area contributed by atoms with Crippen molar-refractivity contribution in [2.24, 2.45) is 0 Å². The number of hydrogen-bond acceptors (Lipinski definition) is 4. The Morgan fingerprint density at radius 3 is 2.11 bits per heavy atom. The normalized spacial score (nSPS) is 8.74. The van der Waals surface area contributed by atoms with E-state index in [1.54, 1.807) is 13.8 Å². The van der Waals surface area contributed by atoms with Crippen molar-refractivity contribution in [3.05, 3.63) is 12.7 Å². The van der Waals surface area contributed by atoms with Crippen LogP contribution in [0.3, 0.4) is 0 Å². The Balaban J connectivity index is -0.000000579. The van der Waals surface area contributed by atoms with Gasteiger partial charge >= 0.3 is 0 Å². The van der Waals surface area contributed by atoms with Crippen molar-refractivity contribution in [1.82, 2.24) is 10.6 Å². The summed E-state index contributed by atoms with van der Waals surface area (Å²) < 4.78 is 0. The van der Waals surface area contributed by atoms with Gasteiger partial charge in [-0.1, -0.05) is 20.4 Å². The third-order valence-electron chi connectivity index (χ3n) is 1.74. The van der Waals surface area contributed by atoms with Gasteiger partial charge in [0.15, 0.2) is 0 Å². The van der Waals surface area contributed by atoms with E-state index >= 15 is 0 Å². The first-order valence-electron chi connectivity index (χ1n) is 6.05. The molecule has 0 heterocycles. The molecule has 0 unspecified atom stereocenters. The van der Waals surface area contributed by atoms with Crippen molar-refractivity contribution >= 4 is 18.1 Å². The molecule has 19 heavy (non-hydrogen) atoms. The summed E-state index contributed by atoms with van der Waals surface area (Å²) in [5.41, 5.74) is -1.01. The summed E-state index contributed by atoms with van der Waals surface area (Å²) in [6, 6.07) is 0. The molecule has 0 fully saturated rings. The SMILES string of the molecule is C=CC(=O)NC(C)(C)C(=O)NCCC=O.CC.CO. The van der Waals surface area contributed by atoms with Gasteiger partial charge in [-0.25, -0.2) is 0 Å². The number of carbonyl (C=O) groups excluding carboxylic acids is 3. The molecular formula is C13H26N2O4. The molecule has 3 N–H and O–H groups in total. The Kier molecular flexibility index (Phi) is 17.0. The van der Waals surface area contributed by atoms with Crippen LogP contribution in [0.2, 0.25) is 0 Å². The van der Waals surface area contributed by atoms with Crippen LogP contribution in [0.5, 0.6) is 0 Å². The number of rotatable bonds is 6. The van der Waals surface area contributed by atoms with Gasteiger partial charge in [-0.05, 0) is 19.9 Å². The van der Waals surface area contributed by atoms with Crippen molar-refractivity contribution in [2.45, 2.75) is 39.7 Å². The van der Waals surface area contributed by atoms with Gasteiger partial charge in [-0.15, -0.1) is 0 Å². The highest BCUT2D eigenvalue weighted by Gasteiger charge is 2.27. The minimum atomic E-state index is -1.01. The molecule has 6 nitrogen and oxygen atoms in total. The standard InChI is InChI=1S/C10H16N2O3.C2H6.CH4O/c1-4-8(14)12-10(2,3)9(15)11-6-5-7-13;2*1-2/h4,7H,1,5-6H2,2-3H3,(H,11,15)(H,12,14);1-2H3;2H,1H3. The maximum atomic E-state index is 11.5. The second kappa shape index (κ2) is 14.4. The van der Waals surface area contributed by atoms with Crippen molar-refractivity contribution in [1.29, 1.82) is 0 Å². The topological polar surface area (TPSA) is 95.5 Å². The lowest BCUT2D eigenvalue weighted by Gasteiger charge is -2.24. The zero-order chi connectivity index (χ0) is 15.9. The molecule has 0 atom stereocenters. The highest BCUT2D eigenvalue weighted by Crippen LogP contribution is 2.01. The molecule has 0 aromatic carbocycles. The Morgan fingerprint density at radius 2 is 1.74 bits per heavy atom. The van der Waals surface area contributed by atoms with Gasteiger partial charge in [0.25, 0.3) is 0 Å². The zero-order valence-electron chi connectivity index (χ0n) is 12.4. The summed E-state index contributed by atoms with van der Waals surface area (Å²) in [6.45, 7) is 10.7. The van der Waals surface area contributed by atoms with E-state index in [4.69, 9.17) is 5.11 Å². The molecule has 0 aliphatic rings. The number of aliphatic hydroxyl groups is 1. The average Bonchev–Trinajstić information content (AvgIpc) is 2.42. The number of nitrogens with one attached hydrogen (secondary N) is 2. The molecule has 0 aliphatic heterocycles. The van der Waals surface area contributed by atoms with Crippen LogP contribution in [0, 0.1) is 0 Å². The molecule has 0 aliphatic carbocycles. The zero-order valence-corrected chi connectivity index (χ0v) is 12.4. The number of aliphatic hydroxyl groups excluding tert-OH is 1. The third kappa shape index (κ3) is 12.6. The maximum absolute atomic E-state index is 11.5. The van der Waals surface area contributed by atoms with Gasteiger partial charge in [0.2, 0.25) is 11.8 Å². The maximum Gasteiger partial charge on any atom is 0.245 e. The first kappa shape index (κ1) is 22.5. The fraction of sp³-hybridized carbons (Fsp3) is 0.615. The van der Waals surface area contributed by atoms with Gasteiger partial charge in [0.05, 0.1) is 0 Å². The molecule has 0 aromatic rings. The molecule has 0 saturated carbocycles. The van der Waals surface area contributed by atoms with Gasteiger partial charge in [0.1, 0.15) is 11.8 Å². The quantitative estimate of drug-likeness (QED) is 0.371. The molecular weight excluding hydrogens is 248 g/mol. The van der Waals surface area contributed by atoms with E-state index in [9.17, 15) is 14.4 Å². The number of hydrogen-bond donors (Lipinski definition) is 3. The van der Waals surface area contributed by atoms with Crippen LogP contribution in [-0.2, 0) is 14.4 Å². The lowest BCUT2D eigenvalue weighted by Crippen LogP contribution is -2.54. The van der Waals surface area contributed by atoms with Gasteiger partial charge < -0.3 is 20.5 Å². The van der Waals surface area contributed by atoms with Crippen molar-refractivity contribution < 1.29 is 19.5 Å². The summed E-state index contributed by atoms with van der Waals surface area (Å²) in [6.07, 6.45) is 2.08. The Hall–Kier alpha value is -1.69. The van der Waals surface area contributed by atoms with E-state index in [1.165, 1.54) is 0 Å². The van der Waals surface area contributed by atoms with Crippen molar-refractivity contribution in [3.8, 4) is 0 Å². The lowest BCUT2D eigenvalue weighted by atomic mass is 10.0. The second-order valence-electron chi connectivity index (χ2n) is 3.53. The second-order valence-corrected chi connectivity index (χ2v) is 3.53. The fourth-order valence-corrected chi connectivity index (χ4v) is 0.881. The summed E-state index contributed by atoms with van der Waals surface area (Å²) >= 11 is 0. The molecule has 6 heteroatoms. The first-order chi connectivity index (χ1) is 8.94. The molecule has 0 rings (SSSR count). The molecule has 0 radical (unpaired) electrons. The summed E-state index contributed by atoms with van der Waals surface area (Å²) in [4.78, 5) is 32.5. The number of carbonyl (C=O) groups is 3. The van der Waals surface area contributed by atoms with Crippen molar-refractivity contribution in [3.63, 3.8) is 0 Å². The van der Waals surface area contributed by atoms with E-state index in [-0.39, 0.29) is 18.9 Å². The van der Waals surface area contributed by atoms with Gasteiger partial charge in [-0.2, -0.15) is 0 Å². The largest absolute Gasteiger partial charge is 0.400 e. The van der Waals surface area contributed by atoms with E-state index < -0.39 is 11.4 Å². The van der Waals surface area contributed by atoms with Crippen LogP contribution in [0.1, 0.15) is 34.1 Å². The smallest absolute Gasteiger partial charge is 0.245 e. The molecule has 2 amide bonds.